The Morgan fingerprint density at radius 2 is 2.04 bits per heavy atom. The van der Waals surface area contributed by atoms with Crippen LogP contribution in [0.3, 0.4) is 0 Å². The summed E-state index contributed by atoms with van der Waals surface area (Å²) in [5.74, 6) is 0.784. The van der Waals surface area contributed by atoms with Crippen molar-refractivity contribution < 1.29 is 9.21 Å². The number of aromatic nitrogens is 2. The molecule has 0 saturated carbocycles. The molecule has 0 aliphatic carbocycles. The molecule has 1 aromatic carbocycles. The average Bonchev–Trinajstić information content (AvgIpc) is 3.09. The fourth-order valence-electron chi connectivity index (χ4n) is 2.15. The largest absolute Gasteiger partial charge is 0.457 e. The number of aromatic amines is 1. The number of benzene rings is 1. The fraction of sp³-hybridized carbons (Fsp3) is 0.0556. The molecule has 0 spiro atoms. The molecule has 26 heavy (non-hydrogen) atoms. The monoisotopic (exact) mass is 389 g/mol. The molecule has 0 aliphatic heterocycles. The molecule has 2 N–H and O–H groups in total. The van der Waals surface area contributed by atoms with Crippen molar-refractivity contribution in [3.63, 3.8) is 0 Å². The standard InChI is InChI=1S/C18H13Cl2N3O3/c19-14-4-1-11(7-15(14)20)16-5-2-13(26-16)3-6-17(24)21-9-12-8-18(25)23-10-22-12/h1-8,10H,9H2,(H,21,24)(H,22,23,25)/b6-3+. The number of halogens is 2. The highest BCUT2D eigenvalue weighted by atomic mass is 35.5. The van der Waals surface area contributed by atoms with Gasteiger partial charge in [-0.1, -0.05) is 23.2 Å². The first kappa shape index (κ1) is 18.0. The van der Waals surface area contributed by atoms with Gasteiger partial charge in [0.1, 0.15) is 11.5 Å². The van der Waals surface area contributed by atoms with Crippen LogP contribution in [0.5, 0.6) is 0 Å². The topological polar surface area (TPSA) is 88.0 Å². The molecule has 0 radical (unpaired) electrons. The second-order valence-electron chi connectivity index (χ2n) is 5.28. The van der Waals surface area contributed by atoms with Gasteiger partial charge in [-0.2, -0.15) is 0 Å². The Kier molecular flexibility index (Phi) is 5.55. The lowest BCUT2D eigenvalue weighted by Gasteiger charge is -2.00. The van der Waals surface area contributed by atoms with E-state index in [9.17, 15) is 9.59 Å². The Balaban J connectivity index is 1.61. The second-order valence-corrected chi connectivity index (χ2v) is 6.10. The van der Waals surface area contributed by atoms with Gasteiger partial charge in [-0.05, 0) is 36.4 Å². The van der Waals surface area contributed by atoms with Crippen molar-refractivity contribution in [1.82, 2.24) is 15.3 Å². The molecule has 3 rings (SSSR count). The first-order chi connectivity index (χ1) is 12.5. The zero-order valence-corrected chi connectivity index (χ0v) is 14.8. The summed E-state index contributed by atoms with van der Waals surface area (Å²) < 4.78 is 5.67. The summed E-state index contributed by atoms with van der Waals surface area (Å²) in [6, 6.07) is 10.0. The number of rotatable bonds is 5. The van der Waals surface area contributed by atoms with E-state index in [0.29, 0.717) is 27.3 Å². The molecule has 1 amide bonds. The first-order valence-electron chi connectivity index (χ1n) is 7.56. The zero-order chi connectivity index (χ0) is 18.5. The number of H-pyrrole nitrogens is 1. The number of amides is 1. The highest BCUT2D eigenvalue weighted by Gasteiger charge is 2.06. The Morgan fingerprint density at radius 3 is 2.81 bits per heavy atom. The van der Waals surface area contributed by atoms with E-state index in [1.54, 1.807) is 36.4 Å². The van der Waals surface area contributed by atoms with Crippen LogP contribution in [-0.2, 0) is 11.3 Å². The van der Waals surface area contributed by atoms with Gasteiger partial charge in [0.2, 0.25) is 5.91 Å². The molecular formula is C18H13Cl2N3O3. The van der Waals surface area contributed by atoms with Crippen LogP contribution < -0.4 is 10.9 Å². The Morgan fingerprint density at radius 1 is 1.19 bits per heavy atom. The molecular weight excluding hydrogens is 377 g/mol. The van der Waals surface area contributed by atoms with Crippen LogP contribution in [0.4, 0.5) is 0 Å². The van der Waals surface area contributed by atoms with Gasteiger partial charge in [0.25, 0.3) is 5.56 Å². The third-order valence-corrected chi connectivity index (χ3v) is 4.15. The van der Waals surface area contributed by atoms with Crippen molar-refractivity contribution in [2.75, 3.05) is 0 Å². The third kappa shape index (κ3) is 4.62. The molecule has 2 heterocycles. The summed E-state index contributed by atoms with van der Waals surface area (Å²) >= 11 is 11.9. The third-order valence-electron chi connectivity index (χ3n) is 3.41. The lowest BCUT2D eigenvalue weighted by atomic mass is 10.2. The van der Waals surface area contributed by atoms with Gasteiger partial charge in [-0.25, -0.2) is 4.98 Å². The molecule has 0 unspecified atom stereocenters. The SMILES string of the molecule is O=C(/C=C/c1ccc(-c2ccc(Cl)c(Cl)c2)o1)NCc1cc(=O)[nH]cn1. The van der Waals surface area contributed by atoms with Gasteiger partial charge >= 0.3 is 0 Å². The summed E-state index contributed by atoms with van der Waals surface area (Å²) in [4.78, 5) is 29.4. The highest BCUT2D eigenvalue weighted by Crippen LogP contribution is 2.29. The predicted octanol–water partition coefficient (Wildman–Crippen LogP) is 3.67. The average molecular weight is 390 g/mol. The van der Waals surface area contributed by atoms with E-state index in [4.69, 9.17) is 27.6 Å². The van der Waals surface area contributed by atoms with Crippen LogP contribution in [-0.4, -0.2) is 15.9 Å². The molecule has 0 atom stereocenters. The van der Waals surface area contributed by atoms with Crippen molar-refractivity contribution in [2.45, 2.75) is 6.54 Å². The lowest BCUT2D eigenvalue weighted by molar-refractivity contribution is -0.116. The predicted molar refractivity (Wildman–Crippen MR) is 99.9 cm³/mol. The van der Waals surface area contributed by atoms with Crippen LogP contribution in [0.2, 0.25) is 10.0 Å². The van der Waals surface area contributed by atoms with Crippen LogP contribution in [0.1, 0.15) is 11.5 Å². The number of nitrogens with one attached hydrogen (secondary N) is 2. The number of carbonyl (C=O) groups is 1. The second kappa shape index (κ2) is 8.03. The highest BCUT2D eigenvalue weighted by molar-refractivity contribution is 6.42. The molecule has 8 heteroatoms. The van der Waals surface area contributed by atoms with Crippen LogP contribution in [0, 0.1) is 0 Å². The Labute approximate surface area is 158 Å². The van der Waals surface area contributed by atoms with E-state index in [1.165, 1.54) is 18.5 Å². The van der Waals surface area contributed by atoms with Crippen LogP contribution in [0.15, 0.2) is 58.0 Å². The Hall–Kier alpha value is -2.83. The van der Waals surface area contributed by atoms with Crippen molar-refractivity contribution in [1.29, 1.82) is 0 Å². The van der Waals surface area contributed by atoms with Crippen LogP contribution in [0.25, 0.3) is 17.4 Å². The van der Waals surface area contributed by atoms with E-state index >= 15 is 0 Å². The van der Waals surface area contributed by atoms with Crippen molar-refractivity contribution in [2.24, 2.45) is 0 Å². The van der Waals surface area contributed by atoms with E-state index in [-0.39, 0.29) is 18.0 Å². The molecule has 0 bridgehead atoms. The van der Waals surface area contributed by atoms with E-state index in [0.717, 1.165) is 5.56 Å². The molecule has 0 saturated heterocycles. The van der Waals surface area contributed by atoms with Gasteiger partial charge in [-0.3, -0.25) is 9.59 Å². The molecule has 2 aromatic heterocycles. The van der Waals surface area contributed by atoms with E-state index in [1.807, 2.05) is 0 Å². The van der Waals surface area contributed by atoms with Gasteiger partial charge in [0, 0.05) is 17.7 Å². The summed E-state index contributed by atoms with van der Waals surface area (Å²) in [6.45, 7) is 0.153. The fourth-order valence-corrected chi connectivity index (χ4v) is 2.45. The molecule has 0 aliphatic rings. The summed E-state index contributed by atoms with van der Waals surface area (Å²) in [7, 11) is 0. The minimum atomic E-state index is -0.334. The lowest BCUT2D eigenvalue weighted by Crippen LogP contribution is -2.22. The smallest absolute Gasteiger partial charge is 0.250 e. The Bertz CT molecular complexity index is 1020. The number of carbonyl (C=O) groups excluding carboxylic acids is 1. The number of furan rings is 1. The summed E-state index contributed by atoms with van der Waals surface area (Å²) in [5, 5.41) is 3.54. The zero-order valence-electron chi connectivity index (χ0n) is 13.3. The van der Waals surface area contributed by atoms with E-state index < -0.39 is 0 Å². The minimum absolute atomic E-state index is 0.153. The summed E-state index contributed by atoms with van der Waals surface area (Å²) in [5.41, 5.74) is 0.976. The van der Waals surface area contributed by atoms with E-state index in [2.05, 4.69) is 15.3 Å². The van der Waals surface area contributed by atoms with Gasteiger partial charge in [0.15, 0.2) is 0 Å². The van der Waals surface area contributed by atoms with Crippen molar-refractivity contribution >= 4 is 35.2 Å². The number of hydrogen-bond donors (Lipinski definition) is 2. The molecule has 6 nitrogen and oxygen atoms in total. The van der Waals surface area contributed by atoms with Crippen molar-refractivity contribution in [3.8, 4) is 11.3 Å². The molecule has 132 valence electrons. The van der Waals surface area contributed by atoms with Gasteiger partial charge in [0.05, 0.1) is 28.6 Å². The first-order valence-corrected chi connectivity index (χ1v) is 8.31. The normalized spacial score (nSPS) is 11.0. The minimum Gasteiger partial charge on any atom is -0.457 e. The van der Waals surface area contributed by atoms with Gasteiger partial charge in [-0.15, -0.1) is 0 Å². The van der Waals surface area contributed by atoms with Crippen molar-refractivity contribution in [3.05, 3.63) is 80.7 Å². The summed E-state index contributed by atoms with van der Waals surface area (Å²) in [6.07, 6.45) is 4.17. The number of nitrogens with zero attached hydrogens (tertiary/aromatic N) is 1. The maximum atomic E-state index is 11.8. The van der Waals surface area contributed by atoms with Gasteiger partial charge < -0.3 is 14.7 Å². The number of hydrogen-bond acceptors (Lipinski definition) is 4. The molecule has 3 aromatic rings. The maximum absolute atomic E-state index is 11.8. The van der Waals surface area contributed by atoms with Crippen LogP contribution >= 0.6 is 23.2 Å². The quantitative estimate of drug-likeness (QED) is 0.651. The maximum Gasteiger partial charge on any atom is 0.250 e. The molecule has 0 fully saturated rings.